The summed E-state index contributed by atoms with van der Waals surface area (Å²) in [4.78, 5) is 12.1. The van der Waals surface area contributed by atoms with E-state index in [4.69, 9.17) is 0 Å². The molecule has 1 aromatic carbocycles. The number of thioether (sulfide) groups is 1. The maximum absolute atomic E-state index is 12.1. The van der Waals surface area contributed by atoms with Gasteiger partial charge in [0.2, 0.25) is 11.0 Å². The molecule has 0 atom stereocenters. The molecule has 1 fully saturated rings. The lowest BCUT2D eigenvalue weighted by molar-refractivity contribution is -0.113. The molecule has 134 valence electrons. The number of aromatic nitrogens is 5. The van der Waals surface area contributed by atoms with Crippen LogP contribution in [0, 0.1) is 0 Å². The van der Waals surface area contributed by atoms with Crippen molar-refractivity contribution in [3.8, 4) is 0 Å². The second-order valence-corrected chi connectivity index (χ2v) is 8.13. The van der Waals surface area contributed by atoms with Crippen molar-refractivity contribution < 1.29 is 4.79 Å². The Balaban J connectivity index is 1.31. The van der Waals surface area contributed by atoms with E-state index in [0.717, 1.165) is 16.0 Å². The van der Waals surface area contributed by atoms with E-state index in [1.165, 1.54) is 41.5 Å². The summed E-state index contributed by atoms with van der Waals surface area (Å²) in [5.74, 6) is 1.57. The van der Waals surface area contributed by atoms with Gasteiger partial charge in [-0.25, -0.2) is 0 Å². The van der Waals surface area contributed by atoms with Crippen LogP contribution in [0.1, 0.15) is 35.2 Å². The number of nitrogens with zero attached hydrogens (tertiary/aromatic N) is 5. The van der Waals surface area contributed by atoms with Gasteiger partial charge in [0.1, 0.15) is 10.8 Å². The summed E-state index contributed by atoms with van der Waals surface area (Å²) in [7, 11) is 1.92. The highest BCUT2D eigenvalue weighted by Crippen LogP contribution is 2.42. The first kappa shape index (κ1) is 17.2. The Morgan fingerprint density at radius 1 is 1.23 bits per heavy atom. The minimum absolute atomic E-state index is 0.110. The zero-order valence-corrected chi connectivity index (χ0v) is 15.9. The van der Waals surface area contributed by atoms with E-state index in [9.17, 15) is 4.79 Å². The molecule has 1 saturated carbocycles. The number of anilines is 1. The topological polar surface area (TPSA) is 85.6 Å². The van der Waals surface area contributed by atoms with Gasteiger partial charge in [0.25, 0.3) is 0 Å². The molecule has 1 aliphatic carbocycles. The average Bonchev–Trinajstić information content (AvgIpc) is 3.31. The summed E-state index contributed by atoms with van der Waals surface area (Å²) in [6.07, 6.45) is 3.07. The molecule has 4 rings (SSSR count). The van der Waals surface area contributed by atoms with Gasteiger partial charge in [-0.15, -0.1) is 20.4 Å². The molecule has 1 aliphatic rings. The van der Waals surface area contributed by atoms with Crippen LogP contribution in [0.4, 0.5) is 5.13 Å². The van der Waals surface area contributed by atoms with Crippen molar-refractivity contribution in [2.75, 3.05) is 11.1 Å². The first-order valence-corrected chi connectivity index (χ1v) is 10.2. The van der Waals surface area contributed by atoms with E-state index in [0.29, 0.717) is 17.5 Å². The van der Waals surface area contributed by atoms with Crippen molar-refractivity contribution >= 4 is 34.1 Å². The summed E-state index contributed by atoms with van der Waals surface area (Å²) >= 11 is 2.83. The van der Waals surface area contributed by atoms with Crippen LogP contribution in [0.5, 0.6) is 0 Å². The average molecular weight is 387 g/mol. The fraction of sp³-hybridized carbons (Fsp3) is 0.353. The van der Waals surface area contributed by atoms with Gasteiger partial charge in [0.05, 0.1) is 5.75 Å². The summed E-state index contributed by atoms with van der Waals surface area (Å²) in [5, 5.41) is 21.7. The van der Waals surface area contributed by atoms with Crippen LogP contribution < -0.4 is 5.32 Å². The predicted molar refractivity (Wildman–Crippen MR) is 101 cm³/mol. The van der Waals surface area contributed by atoms with Crippen LogP contribution in [0.2, 0.25) is 0 Å². The van der Waals surface area contributed by atoms with Gasteiger partial charge in [-0.3, -0.25) is 10.1 Å². The van der Waals surface area contributed by atoms with Crippen molar-refractivity contribution in [1.29, 1.82) is 0 Å². The Labute approximate surface area is 159 Å². The maximum atomic E-state index is 12.1. The van der Waals surface area contributed by atoms with Crippen LogP contribution >= 0.6 is 23.1 Å². The highest BCUT2D eigenvalue weighted by atomic mass is 32.2. The zero-order chi connectivity index (χ0) is 17.9. The van der Waals surface area contributed by atoms with Crippen molar-refractivity contribution in [3.05, 3.63) is 46.7 Å². The van der Waals surface area contributed by atoms with E-state index < -0.39 is 0 Å². The molecule has 0 bridgehead atoms. The van der Waals surface area contributed by atoms with Crippen molar-refractivity contribution in [2.24, 2.45) is 7.05 Å². The van der Waals surface area contributed by atoms with E-state index in [-0.39, 0.29) is 11.7 Å². The Kier molecular flexibility index (Phi) is 4.98. The second kappa shape index (κ2) is 7.55. The Bertz CT molecular complexity index is 903. The highest BCUT2D eigenvalue weighted by Gasteiger charge is 2.27. The Morgan fingerprint density at radius 3 is 2.81 bits per heavy atom. The highest BCUT2D eigenvalue weighted by molar-refractivity contribution is 7.99. The monoisotopic (exact) mass is 386 g/mol. The third-order valence-corrected chi connectivity index (χ3v) is 6.10. The maximum Gasteiger partial charge on any atom is 0.236 e. The van der Waals surface area contributed by atoms with Crippen molar-refractivity contribution in [3.63, 3.8) is 0 Å². The molecular weight excluding hydrogens is 368 g/mol. The lowest BCUT2D eigenvalue weighted by Gasteiger charge is -2.04. The molecule has 0 aliphatic heterocycles. The van der Waals surface area contributed by atoms with Gasteiger partial charge < -0.3 is 4.57 Å². The number of benzene rings is 1. The van der Waals surface area contributed by atoms with Crippen LogP contribution in [-0.2, 0) is 18.3 Å². The number of hydrogen-bond acceptors (Lipinski definition) is 7. The lowest BCUT2D eigenvalue weighted by Crippen LogP contribution is -2.14. The van der Waals surface area contributed by atoms with Gasteiger partial charge in [-0.1, -0.05) is 53.4 Å². The molecule has 2 heterocycles. The first-order valence-electron chi connectivity index (χ1n) is 8.37. The van der Waals surface area contributed by atoms with Crippen LogP contribution in [0.25, 0.3) is 0 Å². The second-order valence-electron chi connectivity index (χ2n) is 6.18. The number of amides is 1. The standard InChI is InChI=1S/C17H18N6OS2/c1-23-13(9-11-5-3-2-4-6-11)19-22-17(23)25-10-14(24)18-16-21-20-15(26-16)12-7-8-12/h2-6,12H,7-10H2,1H3,(H,18,21,24). The fourth-order valence-corrected chi connectivity index (χ4v) is 4.13. The largest absolute Gasteiger partial charge is 0.309 e. The van der Waals surface area contributed by atoms with Crippen LogP contribution in [0.15, 0.2) is 35.5 Å². The lowest BCUT2D eigenvalue weighted by atomic mass is 10.1. The predicted octanol–water partition coefficient (Wildman–Crippen LogP) is 2.87. The molecule has 0 spiro atoms. The van der Waals surface area contributed by atoms with E-state index in [2.05, 4.69) is 37.8 Å². The van der Waals surface area contributed by atoms with Gasteiger partial charge in [-0.2, -0.15) is 0 Å². The molecule has 0 unspecified atom stereocenters. The number of hydrogen-bond donors (Lipinski definition) is 1. The van der Waals surface area contributed by atoms with E-state index >= 15 is 0 Å². The van der Waals surface area contributed by atoms with Crippen LogP contribution in [0.3, 0.4) is 0 Å². The number of carbonyl (C=O) groups excluding carboxylic acids is 1. The zero-order valence-electron chi connectivity index (χ0n) is 14.3. The van der Waals surface area contributed by atoms with Crippen molar-refractivity contribution in [2.45, 2.75) is 30.3 Å². The third kappa shape index (κ3) is 4.10. The minimum atomic E-state index is -0.110. The minimum Gasteiger partial charge on any atom is -0.309 e. The molecule has 2 aromatic heterocycles. The smallest absolute Gasteiger partial charge is 0.236 e. The summed E-state index contributed by atoms with van der Waals surface area (Å²) in [6.45, 7) is 0. The fourth-order valence-electron chi connectivity index (χ4n) is 2.47. The van der Waals surface area contributed by atoms with Gasteiger partial charge in [-0.05, 0) is 18.4 Å². The number of carbonyl (C=O) groups is 1. The van der Waals surface area contributed by atoms with Crippen molar-refractivity contribution in [1.82, 2.24) is 25.0 Å². The summed E-state index contributed by atoms with van der Waals surface area (Å²) in [6, 6.07) is 10.1. The molecule has 7 nitrogen and oxygen atoms in total. The van der Waals surface area contributed by atoms with Gasteiger partial charge in [0, 0.05) is 19.4 Å². The van der Waals surface area contributed by atoms with E-state index in [1.54, 1.807) is 0 Å². The summed E-state index contributed by atoms with van der Waals surface area (Å²) in [5.41, 5.74) is 1.18. The first-order chi connectivity index (χ1) is 12.7. The van der Waals surface area contributed by atoms with Crippen LogP contribution in [-0.4, -0.2) is 36.6 Å². The molecular formula is C17H18N6OS2. The SMILES string of the molecule is Cn1c(Cc2ccccc2)nnc1SCC(=O)Nc1nnc(C2CC2)s1. The molecule has 9 heteroatoms. The summed E-state index contributed by atoms with van der Waals surface area (Å²) < 4.78 is 1.93. The Morgan fingerprint density at radius 2 is 2.04 bits per heavy atom. The molecule has 1 N–H and O–H groups in total. The number of nitrogens with one attached hydrogen (secondary N) is 1. The number of rotatable bonds is 7. The molecule has 0 radical (unpaired) electrons. The van der Waals surface area contributed by atoms with Gasteiger partial charge >= 0.3 is 0 Å². The molecule has 26 heavy (non-hydrogen) atoms. The third-order valence-electron chi connectivity index (χ3n) is 4.08. The Hall–Kier alpha value is -2.26. The molecule has 3 aromatic rings. The van der Waals surface area contributed by atoms with E-state index in [1.807, 2.05) is 29.8 Å². The normalized spacial score (nSPS) is 13.7. The molecule has 1 amide bonds. The van der Waals surface area contributed by atoms with Gasteiger partial charge in [0.15, 0.2) is 5.16 Å². The quantitative estimate of drug-likeness (QED) is 0.629. The molecule has 0 saturated heterocycles.